The number of rotatable bonds is 21. The normalized spacial score (nSPS) is 19.8. The molecular weight excluding hydrogens is 816 g/mol. The van der Waals surface area contributed by atoms with Crippen LogP contribution in [0.15, 0.2) is 48.5 Å². The molecule has 2 aromatic carbocycles. The van der Waals surface area contributed by atoms with Crippen LogP contribution in [0.1, 0.15) is 68.3 Å². The number of hydrogen-bond donors (Lipinski definition) is 1. The quantitative estimate of drug-likeness (QED) is 0.0382. The summed E-state index contributed by atoms with van der Waals surface area (Å²) in [7, 11) is 0. The van der Waals surface area contributed by atoms with E-state index in [9.17, 15) is 29.8 Å². The van der Waals surface area contributed by atoms with Crippen LogP contribution in [0.25, 0.3) is 22.5 Å². The van der Waals surface area contributed by atoms with E-state index in [-0.39, 0.29) is 50.1 Å². The lowest BCUT2D eigenvalue weighted by Crippen LogP contribution is -2.36. The lowest BCUT2D eigenvalue weighted by atomic mass is 9.98. The van der Waals surface area contributed by atoms with Crippen LogP contribution in [-0.4, -0.2) is 115 Å². The van der Waals surface area contributed by atoms with Crippen LogP contribution in [0.5, 0.6) is 0 Å². The van der Waals surface area contributed by atoms with Gasteiger partial charge in [0.1, 0.15) is 36.3 Å². The van der Waals surface area contributed by atoms with E-state index in [4.69, 9.17) is 40.0 Å². The first-order valence-corrected chi connectivity index (χ1v) is 19.5. The average Bonchev–Trinajstić information content (AvgIpc) is 4.02. The Hall–Kier alpha value is -5.97. The summed E-state index contributed by atoms with van der Waals surface area (Å²) in [5, 5.41) is 33.7. The minimum absolute atomic E-state index is 0.00390. The molecule has 0 amide bonds. The second-order valence-corrected chi connectivity index (χ2v) is 14.2. The van der Waals surface area contributed by atoms with Crippen LogP contribution in [0.2, 0.25) is 5.15 Å². The largest absolute Gasteiger partial charge is 0.511 e. The molecule has 0 spiro atoms. The maximum Gasteiger partial charge on any atom is 0.511 e. The average molecular weight is 859 g/mol. The molecule has 0 bridgehead atoms. The van der Waals surface area contributed by atoms with Crippen molar-refractivity contribution in [2.45, 2.75) is 102 Å². The lowest BCUT2D eigenvalue weighted by molar-refractivity contribution is -0.798. The minimum Gasteiger partial charge on any atom is -0.426 e. The second-order valence-electron chi connectivity index (χ2n) is 13.9. The van der Waals surface area contributed by atoms with Crippen LogP contribution in [-0.2, 0) is 51.1 Å². The number of H-pyrrole nitrogens is 1. The standard InChI is InChI=1S/C37H43ClN8O14/c1-4-5-12-30-39-34(38)31(44(30)18-23-13-15-24(16-14-23)25-9-6-7-10-26(25)35-40-42-43-41-35)36(47)56-22(3)57-37(48)58-29-20-55-32-28(19-54-33(29)32)53-17-8-11-27(60-46(51)52)21(2)59-45(49)50/h6-7,9-10,13-16,21-22,27-29,32-33H,4-5,8,11-12,17-20H2,1-3H3,(H,40,41,42,43)/t21-,22?,27-,28+,29-,32?,33?/m0/s1. The Morgan fingerprint density at radius 1 is 0.967 bits per heavy atom. The van der Waals surface area contributed by atoms with Crippen molar-refractivity contribution in [2.75, 3.05) is 19.8 Å². The Kier molecular flexibility index (Phi) is 14.8. The summed E-state index contributed by atoms with van der Waals surface area (Å²) in [6, 6.07) is 15.5. The number of unbranched alkanes of at least 4 members (excludes halogenated alkanes) is 1. The Balaban J connectivity index is 1.01. The molecule has 322 valence electrons. The number of esters is 1. The van der Waals surface area contributed by atoms with Gasteiger partial charge >= 0.3 is 12.1 Å². The molecule has 7 atom stereocenters. The molecule has 60 heavy (non-hydrogen) atoms. The summed E-state index contributed by atoms with van der Waals surface area (Å²) < 4.78 is 35.4. The summed E-state index contributed by atoms with van der Waals surface area (Å²) in [4.78, 5) is 61.3. The molecule has 0 radical (unpaired) electrons. The van der Waals surface area contributed by atoms with Crippen molar-refractivity contribution in [2.24, 2.45) is 0 Å². The predicted molar refractivity (Wildman–Crippen MR) is 204 cm³/mol. The highest BCUT2D eigenvalue weighted by atomic mass is 35.5. The highest BCUT2D eigenvalue weighted by Gasteiger charge is 2.50. The van der Waals surface area contributed by atoms with Gasteiger partial charge in [0.2, 0.25) is 12.1 Å². The molecule has 3 unspecified atom stereocenters. The van der Waals surface area contributed by atoms with Gasteiger partial charge in [-0.05, 0) is 48.1 Å². The first-order chi connectivity index (χ1) is 28.9. The topological polar surface area (TPSA) is 267 Å². The van der Waals surface area contributed by atoms with Crippen LogP contribution < -0.4 is 0 Å². The number of benzene rings is 2. The summed E-state index contributed by atoms with van der Waals surface area (Å²) in [6.07, 6.45) is -5.12. The number of fused-ring (bicyclic) bond motifs is 1. The molecule has 0 saturated carbocycles. The summed E-state index contributed by atoms with van der Waals surface area (Å²) in [5.74, 6) is 0.197. The number of aromatic nitrogens is 6. The monoisotopic (exact) mass is 858 g/mol. The van der Waals surface area contributed by atoms with Crippen molar-refractivity contribution in [3.05, 3.63) is 91.0 Å². The lowest BCUT2D eigenvalue weighted by Gasteiger charge is -2.21. The molecule has 2 aliphatic heterocycles. The highest BCUT2D eigenvalue weighted by molar-refractivity contribution is 6.32. The Bertz CT molecular complexity index is 2090. The number of tetrazole rings is 1. The van der Waals surface area contributed by atoms with Gasteiger partial charge in [0.05, 0.1) is 13.2 Å². The molecule has 23 heteroatoms. The molecule has 2 aliphatic rings. The Morgan fingerprint density at radius 3 is 2.35 bits per heavy atom. The first kappa shape index (κ1) is 43.6. The Labute approximate surface area is 346 Å². The van der Waals surface area contributed by atoms with Gasteiger partial charge in [-0.2, -0.15) is 5.21 Å². The van der Waals surface area contributed by atoms with Crippen molar-refractivity contribution in [1.29, 1.82) is 0 Å². The molecule has 2 fully saturated rings. The van der Waals surface area contributed by atoms with E-state index in [0.29, 0.717) is 18.1 Å². The summed E-state index contributed by atoms with van der Waals surface area (Å²) in [6.45, 7) is 5.08. The highest BCUT2D eigenvalue weighted by Crippen LogP contribution is 2.32. The summed E-state index contributed by atoms with van der Waals surface area (Å²) >= 11 is 6.55. The van der Waals surface area contributed by atoms with Crippen LogP contribution >= 0.6 is 11.6 Å². The molecular formula is C37H43ClN8O14. The van der Waals surface area contributed by atoms with Gasteiger partial charge in [-0.3, -0.25) is 0 Å². The van der Waals surface area contributed by atoms with E-state index in [1.165, 1.54) is 13.8 Å². The fraction of sp³-hybridized carbons (Fsp3) is 0.514. The van der Waals surface area contributed by atoms with Gasteiger partial charge in [-0.1, -0.05) is 73.5 Å². The van der Waals surface area contributed by atoms with E-state index in [1.54, 1.807) is 4.57 Å². The summed E-state index contributed by atoms with van der Waals surface area (Å²) in [5.41, 5.74) is 3.49. The maximum absolute atomic E-state index is 13.6. The van der Waals surface area contributed by atoms with Crippen molar-refractivity contribution < 1.29 is 57.9 Å². The third kappa shape index (κ3) is 11.0. The third-order valence-electron chi connectivity index (χ3n) is 9.78. The molecule has 4 aromatic rings. The van der Waals surface area contributed by atoms with Gasteiger partial charge in [-0.15, -0.1) is 30.4 Å². The smallest absolute Gasteiger partial charge is 0.426 e. The van der Waals surface area contributed by atoms with Gasteiger partial charge < -0.3 is 42.7 Å². The second kappa shape index (κ2) is 20.3. The van der Waals surface area contributed by atoms with Crippen LogP contribution in [0.3, 0.4) is 0 Å². The van der Waals surface area contributed by atoms with Crippen molar-refractivity contribution >= 4 is 23.7 Å². The molecule has 2 saturated heterocycles. The minimum atomic E-state index is -1.39. The zero-order chi connectivity index (χ0) is 42.8. The molecule has 4 heterocycles. The number of ether oxygens (including phenoxy) is 6. The molecule has 6 rings (SSSR count). The van der Waals surface area contributed by atoms with Gasteiger partial charge in [0.25, 0.3) is 10.2 Å². The zero-order valence-electron chi connectivity index (χ0n) is 32.7. The molecule has 0 aliphatic carbocycles. The zero-order valence-corrected chi connectivity index (χ0v) is 33.5. The number of halogens is 1. The number of aryl methyl sites for hydroxylation is 1. The number of hydrogen-bond acceptors (Lipinski definition) is 18. The molecule has 2 aromatic heterocycles. The number of nitrogens with zero attached hydrogens (tertiary/aromatic N) is 7. The SMILES string of the molecule is CCCCc1nc(Cl)c(C(=O)OC(C)OC(=O)O[C@H]2COC3C2OC[C@H]3OCCC[C@H](O[N+](=O)[O-])[C@H](C)O[N+](=O)[O-])n1Cc1ccc(-c2ccccc2-c2nn[nH]n2)cc1. The number of imidazole rings is 1. The fourth-order valence-electron chi connectivity index (χ4n) is 6.93. The van der Waals surface area contributed by atoms with Crippen molar-refractivity contribution in [3.63, 3.8) is 0 Å². The van der Waals surface area contributed by atoms with Gasteiger partial charge in [-0.25, -0.2) is 14.6 Å². The van der Waals surface area contributed by atoms with Crippen LogP contribution in [0.4, 0.5) is 4.79 Å². The number of carbonyl (C=O) groups is 2. The maximum atomic E-state index is 13.6. The van der Waals surface area contributed by atoms with E-state index in [1.807, 2.05) is 55.5 Å². The number of aromatic amines is 1. The first-order valence-electron chi connectivity index (χ1n) is 19.1. The predicted octanol–water partition coefficient (Wildman–Crippen LogP) is 4.94. The van der Waals surface area contributed by atoms with E-state index in [0.717, 1.165) is 35.1 Å². The third-order valence-corrected chi connectivity index (χ3v) is 10.0. The van der Waals surface area contributed by atoms with E-state index < -0.39 is 65.2 Å². The van der Waals surface area contributed by atoms with Crippen molar-refractivity contribution in [3.8, 4) is 22.5 Å². The van der Waals surface area contributed by atoms with Gasteiger partial charge in [0.15, 0.2) is 17.0 Å². The number of carbonyl (C=O) groups excluding carboxylic acids is 2. The number of nitrogens with one attached hydrogen (secondary N) is 1. The Morgan fingerprint density at radius 2 is 1.67 bits per heavy atom. The molecule has 1 N–H and O–H groups in total. The van der Waals surface area contributed by atoms with Crippen molar-refractivity contribution in [1.82, 2.24) is 30.2 Å². The van der Waals surface area contributed by atoms with Gasteiger partial charge in [0, 0.05) is 32.1 Å². The molecule has 22 nitrogen and oxygen atoms in total. The van der Waals surface area contributed by atoms with E-state index >= 15 is 0 Å². The van der Waals surface area contributed by atoms with Crippen LogP contribution in [0, 0.1) is 20.2 Å². The van der Waals surface area contributed by atoms with E-state index in [2.05, 4.69) is 35.3 Å². The fourth-order valence-corrected chi connectivity index (χ4v) is 7.21.